The number of hydrogen-bond donors (Lipinski definition) is 1. The molecule has 0 fully saturated rings. The molecule has 0 aliphatic rings. The molecule has 38 heavy (non-hydrogen) atoms. The van der Waals surface area contributed by atoms with Gasteiger partial charge in [0.2, 0.25) is 5.91 Å². The Kier molecular flexibility index (Phi) is 9.11. The van der Waals surface area contributed by atoms with Crippen LogP contribution in [-0.2, 0) is 22.7 Å². The SMILES string of the molecule is Cc1ccc(CNC(=O)C(c2ccccc2)N(Cc2ccc(F)cc2)C(=O)COc2ccccc2Cl)cc1. The third-order valence-corrected chi connectivity index (χ3v) is 6.35. The molecular weight excluding hydrogens is 503 g/mol. The number of hydrogen-bond acceptors (Lipinski definition) is 3. The van der Waals surface area contributed by atoms with Crippen LogP contribution in [0.5, 0.6) is 5.75 Å². The molecule has 194 valence electrons. The van der Waals surface area contributed by atoms with Crippen LogP contribution in [0.15, 0.2) is 103 Å². The molecule has 1 unspecified atom stereocenters. The van der Waals surface area contributed by atoms with E-state index in [1.54, 1.807) is 48.5 Å². The van der Waals surface area contributed by atoms with Crippen LogP contribution in [0, 0.1) is 12.7 Å². The molecule has 0 aliphatic carbocycles. The van der Waals surface area contributed by atoms with Crippen molar-refractivity contribution in [1.29, 1.82) is 0 Å². The summed E-state index contributed by atoms with van der Waals surface area (Å²) in [6.45, 7) is 2.04. The van der Waals surface area contributed by atoms with E-state index in [4.69, 9.17) is 16.3 Å². The van der Waals surface area contributed by atoms with Gasteiger partial charge < -0.3 is 15.0 Å². The van der Waals surface area contributed by atoms with E-state index in [0.29, 0.717) is 28.4 Å². The molecule has 7 heteroatoms. The molecule has 2 amide bonds. The number of carbonyl (C=O) groups is 2. The Hall–Kier alpha value is -4.16. The van der Waals surface area contributed by atoms with Gasteiger partial charge in [-0.3, -0.25) is 9.59 Å². The topological polar surface area (TPSA) is 58.6 Å². The third kappa shape index (κ3) is 7.20. The Morgan fingerprint density at radius 1 is 0.868 bits per heavy atom. The highest BCUT2D eigenvalue weighted by molar-refractivity contribution is 6.32. The van der Waals surface area contributed by atoms with E-state index >= 15 is 0 Å². The monoisotopic (exact) mass is 530 g/mol. The van der Waals surface area contributed by atoms with Gasteiger partial charge in [-0.15, -0.1) is 0 Å². The zero-order chi connectivity index (χ0) is 26.9. The molecule has 4 aromatic rings. The number of para-hydroxylation sites is 1. The number of aryl methyl sites for hydroxylation is 1. The van der Waals surface area contributed by atoms with Crippen LogP contribution in [-0.4, -0.2) is 23.3 Å². The minimum Gasteiger partial charge on any atom is -0.482 e. The Morgan fingerprint density at radius 2 is 1.50 bits per heavy atom. The summed E-state index contributed by atoms with van der Waals surface area (Å²) in [5.41, 5.74) is 3.37. The van der Waals surface area contributed by atoms with Crippen LogP contribution < -0.4 is 10.1 Å². The molecule has 0 saturated carbocycles. The summed E-state index contributed by atoms with van der Waals surface area (Å²) in [6.07, 6.45) is 0. The smallest absolute Gasteiger partial charge is 0.261 e. The number of carbonyl (C=O) groups excluding carboxylic acids is 2. The Bertz CT molecular complexity index is 1360. The van der Waals surface area contributed by atoms with Crippen LogP contribution in [0.4, 0.5) is 4.39 Å². The average Bonchev–Trinajstić information content (AvgIpc) is 2.93. The first-order valence-corrected chi connectivity index (χ1v) is 12.6. The van der Waals surface area contributed by atoms with Crippen LogP contribution in [0.1, 0.15) is 28.3 Å². The predicted octanol–water partition coefficient (Wildman–Crippen LogP) is 6.25. The van der Waals surface area contributed by atoms with Gasteiger partial charge in [0.25, 0.3) is 5.91 Å². The van der Waals surface area contributed by atoms with Gasteiger partial charge >= 0.3 is 0 Å². The maximum atomic E-state index is 13.7. The quantitative estimate of drug-likeness (QED) is 0.263. The lowest BCUT2D eigenvalue weighted by molar-refractivity contribution is -0.143. The molecule has 1 N–H and O–H groups in total. The van der Waals surface area contributed by atoms with Gasteiger partial charge in [0.1, 0.15) is 17.6 Å². The van der Waals surface area contributed by atoms with Crippen molar-refractivity contribution < 1.29 is 18.7 Å². The lowest BCUT2D eigenvalue weighted by atomic mass is 10.0. The maximum absolute atomic E-state index is 13.7. The molecule has 0 radical (unpaired) electrons. The van der Waals surface area contributed by atoms with Crippen LogP contribution >= 0.6 is 11.6 Å². The van der Waals surface area contributed by atoms with Crippen molar-refractivity contribution in [3.63, 3.8) is 0 Å². The van der Waals surface area contributed by atoms with Gasteiger partial charge in [0.15, 0.2) is 6.61 Å². The first-order valence-electron chi connectivity index (χ1n) is 12.2. The molecule has 5 nitrogen and oxygen atoms in total. The van der Waals surface area contributed by atoms with E-state index in [9.17, 15) is 14.0 Å². The zero-order valence-electron chi connectivity index (χ0n) is 20.9. The highest BCUT2D eigenvalue weighted by Gasteiger charge is 2.32. The molecule has 0 aromatic heterocycles. The second kappa shape index (κ2) is 12.9. The molecule has 4 aromatic carbocycles. The maximum Gasteiger partial charge on any atom is 0.261 e. The van der Waals surface area contributed by atoms with Crippen molar-refractivity contribution >= 4 is 23.4 Å². The van der Waals surface area contributed by atoms with Crippen molar-refractivity contribution in [1.82, 2.24) is 10.2 Å². The van der Waals surface area contributed by atoms with Gasteiger partial charge in [0.05, 0.1) is 5.02 Å². The predicted molar refractivity (Wildman–Crippen MR) is 146 cm³/mol. The summed E-state index contributed by atoms with van der Waals surface area (Å²) in [7, 11) is 0. The van der Waals surface area contributed by atoms with Crippen LogP contribution in [0.2, 0.25) is 5.02 Å². The Balaban J connectivity index is 1.63. The minimum atomic E-state index is -0.950. The number of ether oxygens (including phenoxy) is 1. The summed E-state index contributed by atoms with van der Waals surface area (Å²) < 4.78 is 19.3. The molecular formula is C31H28ClFN2O3. The Morgan fingerprint density at radius 3 is 2.18 bits per heavy atom. The molecule has 0 aliphatic heterocycles. The molecule has 0 heterocycles. The first kappa shape index (κ1) is 26.9. The van der Waals surface area contributed by atoms with E-state index < -0.39 is 11.9 Å². The fourth-order valence-electron chi connectivity index (χ4n) is 3.99. The average molecular weight is 531 g/mol. The van der Waals surface area contributed by atoms with E-state index in [2.05, 4.69) is 5.32 Å². The standard InChI is InChI=1S/C31H28ClFN2O3/c1-22-11-13-23(14-12-22)19-34-31(37)30(25-7-3-2-4-8-25)35(20-24-15-17-26(33)18-16-24)29(36)21-38-28-10-6-5-9-27(28)32/h2-18,30H,19-21H2,1H3,(H,34,37). The Labute approximate surface area is 226 Å². The van der Waals surface area contributed by atoms with Crippen LogP contribution in [0.25, 0.3) is 0 Å². The molecule has 4 rings (SSSR count). The fraction of sp³-hybridized carbons (Fsp3) is 0.161. The highest BCUT2D eigenvalue weighted by atomic mass is 35.5. The molecule has 0 spiro atoms. The normalized spacial score (nSPS) is 11.4. The largest absolute Gasteiger partial charge is 0.482 e. The highest BCUT2D eigenvalue weighted by Crippen LogP contribution is 2.26. The van der Waals surface area contributed by atoms with Crippen molar-refractivity contribution in [3.8, 4) is 5.75 Å². The van der Waals surface area contributed by atoms with Gasteiger partial charge in [-0.2, -0.15) is 0 Å². The van der Waals surface area contributed by atoms with E-state index in [0.717, 1.165) is 11.1 Å². The van der Waals surface area contributed by atoms with Crippen molar-refractivity contribution in [3.05, 3.63) is 136 Å². The van der Waals surface area contributed by atoms with Crippen molar-refractivity contribution in [2.45, 2.75) is 26.1 Å². The van der Waals surface area contributed by atoms with Crippen LogP contribution in [0.3, 0.4) is 0 Å². The number of halogens is 2. The van der Waals surface area contributed by atoms with Gasteiger partial charge in [0, 0.05) is 13.1 Å². The molecule has 0 saturated heterocycles. The number of benzene rings is 4. The van der Waals surface area contributed by atoms with E-state index in [1.807, 2.05) is 49.4 Å². The van der Waals surface area contributed by atoms with Gasteiger partial charge in [-0.05, 0) is 47.9 Å². The van der Waals surface area contributed by atoms with E-state index in [1.165, 1.54) is 17.0 Å². The third-order valence-electron chi connectivity index (χ3n) is 6.04. The number of amides is 2. The fourth-order valence-corrected chi connectivity index (χ4v) is 4.18. The van der Waals surface area contributed by atoms with Crippen molar-refractivity contribution in [2.24, 2.45) is 0 Å². The van der Waals surface area contributed by atoms with Gasteiger partial charge in [-0.1, -0.05) is 96.0 Å². The zero-order valence-corrected chi connectivity index (χ0v) is 21.7. The molecule has 0 bridgehead atoms. The number of nitrogens with zero attached hydrogens (tertiary/aromatic N) is 1. The minimum absolute atomic E-state index is 0.0719. The summed E-state index contributed by atoms with van der Waals surface area (Å²) in [5, 5.41) is 3.35. The lowest BCUT2D eigenvalue weighted by Gasteiger charge is -2.31. The van der Waals surface area contributed by atoms with E-state index in [-0.39, 0.29) is 24.9 Å². The summed E-state index contributed by atoms with van der Waals surface area (Å²) in [5.74, 6) is -0.785. The molecule has 1 atom stereocenters. The first-order chi connectivity index (χ1) is 18.4. The second-order valence-electron chi connectivity index (χ2n) is 8.88. The summed E-state index contributed by atoms with van der Waals surface area (Å²) >= 11 is 6.20. The number of nitrogens with one attached hydrogen (secondary N) is 1. The number of rotatable bonds is 10. The van der Waals surface area contributed by atoms with Crippen molar-refractivity contribution in [2.75, 3.05) is 6.61 Å². The second-order valence-corrected chi connectivity index (χ2v) is 9.29. The lowest BCUT2D eigenvalue weighted by Crippen LogP contribution is -2.45. The summed E-state index contributed by atoms with van der Waals surface area (Å²) in [6, 6.07) is 28.7. The summed E-state index contributed by atoms with van der Waals surface area (Å²) in [4.78, 5) is 28.8. The van der Waals surface area contributed by atoms with Gasteiger partial charge in [-0.25, -0.2) is 4.39 Å².